The second-order valence-corrected chi connectivity index (χ2v) is 4.27. The lowest BCUT2D eigenvalue weighted by atomic mass is 9.89. The molecule has 1 unspecified atom stereocenters. The van der Waals surface area contributed by atoms with Crippen LogP contribution in [0.3, 0.4) is 0 Å². The van der Waals surface area contributed by atoms with E-state index < -0.39 is 11.5 Å². The van der Waals surface area contributed by atoms with Gasteiger partial charge in [0.1, 0.15) is 5.54 Å². The molecule has 0 heterocycles. The first-order valence-electron chi connectivity index (χ1n) is 4.92. The summed E-state index contributed by atoms with van der Waals surface area (Å²) in [6.45, 7) is 5.49. The van der Waals surface area contributed by atoms with Crippen LogP contribution >= 0.6 is 0 Å². The average molecular weight is 207 g/mol. The van der Waals surface area contributed by atoms with Crippen LogP contribution in [0.4, 0.5) is 0 Å². The number of rotatable bonds is 3. The van der Waals surface area contributed by atoms with Crippen molar-refractivity contribution < 1.29 is 9.90 Å². The zero-order valence-corrected chi connectivity index (χ0v) is 9.37. The summed E-state index contributed by atoms with van der Waals surface area (Å²) >= 11 is 0. The van der Waals surface area contributed by atoms with Gasteiger partial charge in [-0.25, -0.2) is 0 Å². The van der Waals surface area contributed by atoms with Crippen molar-refractivity contribution in [1.29, 1.82) is 0 Å². The van der Waals surface area contributed by atoms with E-state index in [9.17, 15) is 4.79 Å². The lowest BCUT2D eigenvalue weighted by Gasteiger charge is -2.21. The smallest absolute Gasteiger partial charge is 0.323 e. The largest absolute Gasteiger partial charge is 0.480 e. The Balaban J connectivity index is 3.04. The van der Waals surface area contributed by atoms with E-state index in [2.05, 4.69) is 0 Å². The van der Waals surface area contributed by atoms with E-state index in [0.717, 1.165) is 16.7 Å². The first-order valence-corrected chi connectivity index (χ1v) is 4.92. The molecule has 3 nitrogen and oxygen atoms in total. The molecule has 0 aliphatic heterocycles. The van der Waals surface area contributed by atoms with E-state index in [0.29, 0.717) is 6.42 Å². The molecule has 1 aromatic carbocycles. The van der Waals surface area contributed by atoms with Gasteiger partial charge >= 0.3 is 5.97 Å². The van der Waals surface area contributed by atoms with E-state index in [1.54, 1.807) is 6.92 Å². The van der Waals surface area contributed by atoms with Gasteiger partial charge in [-0.15, -0.1) is 0 Å². The molecule has 1 aromatic rings. The second-order valence-electron chi connectivity index (χ2n) is 4.27. The Morgan fingerprint density at radius 2 is 1.87 bits per heavy atom. The van der Waals surface area contributed by atoms with Crippen LogP contribution < -0.4 is 5.73 Å². The third kappa shape index (κ3) is 2.57. The van der Waals surface area contributed by atoms with Crippen molar-refractivity contribution in [2.45, 2.75) is 32.7 Å². The van der Waals surface area contributed by atoms with Gasteiger partial charge < -0.3 is 10.8 Å². The standard InChI is InChI=1S/C12H17NO2/c1-8-5-4-6-9(2)10(8)7-12(3,13)11(14)15/h4-6H,7,13H2,1-3H3,(H,14,15). The molecular weight excluding hydrogens is 190 g/mol. The van der Waals surface area contributed by atoms with Crippen molar-refractivity contribution in [2.24, 2.45) is 5.73 Å². The van der Waals surface area contributed by atoms with Gasteiger partial charge in [0.05, 0.1) is 0 Å². The van der Waals surface area contributed by atoms with E-state index in [1.807, 2.05) is 32.0 Å². The molecule has 3 N–H and O–H groups in total. The fourth-order valence-electron chi connectivity index (χ4n) is 1.57. The Labute approximate surface area is 89.9 Å². The zero-order chi connectivity index (χ0) is 11.6. The molecule has 0 aromatic heterocycles. The SMILES string of the molecule is Cc1cccc(C)c1CC(C)(N)C(=O)O. The Morgan fingerprint density at radius 1 is 1.40 bits per heavy atom. The summed E-state index contributed by atoms with van der Waals surface area (Å²) in [5, 5.41) is 8.96. The van der Waals surface area contributed by atoms with Crippen molar-refractivity contribution in [2.75, 3.05) is 0 Å². The predicted octanol–water partition coefficient (Wildman–Crippen LogP) is 1.65. The van der Waals surface area contributed by atoms with Gasteiger partial charge in [-0.3, -0.25) is 4.79 Å². The summed E-state index contributed by atoms with van der Waals surface area (Å²) in [6, 6.07) is 5.91. The number of aliphatic carboxylic acids is 1. The topological polar surface area (TPSA) is 63.3 Å². The van der Waals surface area contributed by atoms with Gasteiger partial charge in [-0.05, 0) is 37.5 Å². The molecule has 0 spiro atoms. The molecule has 0 aliphatic rings. The number of nitrogens with two attached hydrogens (primary N) is 1. The lowest BCUT2D eigenvalue weighted by molar-refractivity contribution is -0.142. The number of carbonyl (C=O) groups is 1. The minimum atomic E-state index is -1.20. The predicted molar refractivity (Wildman–Crippen MR) is 59.8 cm³/mol. The van der Waals surface area contributed by atoms with Gasteiger partial charge in [-0.2, -0.15) is 0 Å². The van der Waals surface area contributed by atoms with Crippen LogP contribution in [0.25, 0.3) is 0 Å². The highest BCUT2D eigenvalue weighted by atomic mass is 16.4. The molecule has 82 valence electrons. The molecule has 3 heteroatoms. The molecule has 1 atom stereocenters. The first-order chi connectivity index (χ1) is 6.84. The van der Waals surface area contributed by atoms with E-state index in [1.165, 1.54) is 0 Å². The highest BCUT2D eigenvalue weighted by Crippen LogP contribution is 2.18. The molecule has 1 rings (SSSR count). The monoisotopic (exact) mass is 207 g/mol. The third-order valence-corrected chi connectivity index (χ3v) is 2.68. The Kier molecular flexibility index (Phi) is 3.15. The summed E-state index contributed by atoms with van der Waals surface area (Å²) in [7, 11) is 0. The number of carboxylic acid groups (broad SMARTS) is 1. The molecule has 0 fully saturated rings. The van der Waals surface area contributed by atoms with Crippen LogP contribution in [0.15, 0.2) is 18.2 Å². The summed E-state index contributed by atoms with van der Waals surface area (Å²) in [5.41, 5.74) is 7.75. The normalized spacial score (nSPS) is 14.7. The molecule has 0 saturated heterocycles. The molecule has 0 saturated carbocycles. The average Bonchev–Trinajstić information content (AvgIpc) is 2.11. The summed E-state index contributed by atoms with van der Waals surface area (Å²) < 4.78 is 0. The van der Waals surface area contributed by atoms with Gasteiger partial charge in [0.15, 0.2) is 0 Å². The molecule has 15 heavy (non-hydrogen) atoms. The Bertz CT molecular complexity index is 363. The Hall–Kier alpha value is -1.35. The fourth-order valence-corrected chi connectivity index (χ4v) is 1.57. The second kappa shape index (κ2) is 4.03. The number of benzene rings is 1. The van der Waals surface area contributed by atoms with Crippen molar-refractivity contribution in [3.05, 3.63) is 34.9 Å². The van der Waals surface area contributed by atoms with Crippen LogP contribution in [0.1, 0.15) is 23.6 Å². The highest BCUT2D eigenvalue weighted by molar-refractivity contribution is 5.78. The van der Waals surface area contributed by atoms with Gasteiger partial charge in [-0.1, -0.05) is 18.2 Å². The van der Waals surface area contributed by atoms with E-state index in [4.69, 9.17) is 10.8 Å². The van der Waals surface area contributed by atoms with Crippen molar-refractivity contribution in [3.63, 3.8) is 0 Å². The molecule has 0 bridgehead atoms. The minimum absolute atomic E-state index is 0.362. The first kappa shape index (κ1) is 11.7. The third-order valence-electron chi connectivity index (χ3n) is 2.68. The van der Waals surface area contributed by atoms with Crippen molar-refractivity contribution in [3.8, 4) is 0 Å². The van der Waals surface area contributed by atoms with E-state index >= 15 is 0 Å². The summed E-state index contributed by atoms with van der Waals surface area (Å²) in [6.07, 6.45) is 0.362. The number of hydrogen-bond acceptors (Lipinski definition) is 2. The molecular formula is C12H17NO2. The van der Waals surface area contributed by atoms with E-state index in [-0.39, 0.29) is 0 Å². The van der Waals surface area contributed by atoms with Crippen LogP contribution in [0, 0.1) is 13.8 Å². The summed E-state index contributed by atoms with van der Waals surface area (Å²) in [4.78, 5) is 10.9. The minimum Gasteiger partial charge on any atom is -0.480 e. The maximum atomic E-state index is 10.9. The maximum Gasteiger partial charge on any atom is 0.323 e. The number of aryl methyl sites for hydroxylation is 2. The number of hydrogen-bond donors (Lipinski definition) is 2. The zero-order valence-electron chi connectivity index (χ0n) is 9.37. The van der Waals surface area contributed by atoms with Gasteiger partial charge in [0.25, 0.3) is 0 Å². The van der Waals surface area contributed by atoms with Crippen molar-refractivity contribution >= 4 is 5.97 Å². The molecule has 0 amide bonds. The van der Waals surface area contributed by atoms with Gasteiger partial charge in [0, 0.05) is 6.42 Å². The Morgan fingerprint density at radius 3 is 2.27 bits per heavy atom. The van der Waals surface area contributed by atoms with Crippen LogP contribution in [-0.2, 0) is 11.2 Å². The fraction of sp³-hybridized carbons (Fsp3) is 0.417. The van der Waals surface area contributed by atoms with Crippen LogP contribution in [0.2, 0.25) is 0 Å². The van der Waals surface area contributed by atoms with Crippen LogP contribution in [-0.4, -0.2) is 16.6 Å². The number of carboxylic acids is 1. The summed E-state index contributed by atoms with van der Waals surface area (Å²) in [5.74, 6) is -0.967. The molecule has 0 radical (unpaired) electrons. The quantitative estimate of drug-likeness (QED) is 0.792. The molecule has 0 aliphatic carbocycles. The maximum absolute atomic E-state index is 10.9. The van der Waals surface area contributed by atoms with Crippen molar-refractivity contribution in [1.82, 2.24) is 0 Å². The van der Waals surface area contributed by atoms with Gasteiger partial charge in [0.2, 0.25) is 0 Å². The van der Waals surface area contributed by atoms with Crippen LogP contribution in [0.5, 0.6) is 0 Å². The lowest BCUT2D eigenvalue weighted by Crippen LogP contribution is -2.47. The highest BCUT2D eigenvalue weighted by Gasteiger charge is 2.29.